The van der Waals surface area contributed by atoms with Gasteiger partial charge in [0.15, 0.2) is 0 Å². The number of hydrogen-bond acceptors (Lipinski definition) is 0. The van der Waals surface area contributed by atoms with Gasteiger partial charge in [-0.3, -0.25) is 0 Å². The molecule has 0 bridgehead atoms. The average Bonchev–Trinajstić information content (AvgIpc) is 1.03. The van der Waals surface area contributed by atoms with Gasteiger partial charge < -0.3 is 4.57 Å². The van der Waals surface area contributed by atoms with Crippen LogP contribution in [0.2, 0.25) is 0 Å². The second-order valence-corrected chi connectivity index (χ2v) is 30.7. The van der Waals surface area contributed by atoms with Gasteiger partial charge in [0.1, 0.15) is 0 Å². The summed E-state index contributed by atoms with van der Waals surface area (Å²) in [6.07, 6.45) is 27.4. The Labute approximate surface area is 838 Å². The van der Waals surface area contributed by atoms with E-state index in [1.165, 1.54) is 219 Å². The van der Waals surface area contributed by atoms with Crippen LogP contribution in [-0.2, 0) is 26.3 Å². The number of rotatable bonds is 0. The highest BCUT2D eigenvalue weighted by atomic mass is 14.9. The molecular weight excluding hydrogens is 1660 g/mol. The Morgan fingerprint density at radius 2 is 0.529 bits per heavy atom. The van der Waals surface area contributed by atoms with Gasteiger partial charge in [-0.2, -0.15) is 0 Å². The fraction of sp³-hybridized carbons (Fsp3) is 0.299. The normalized spacial score (nSPS) is 11.3. The molecule has 0 fully saturated rings. The summed E-state index contributed by atoms with van der Waals surface area (Å²) in [4.78, 5) is 0. The molecule has 6 aliphatic rings. The van der Waals surface area contributed by atoms with Crippen molar-refractivity contribution in [2.24, 2.45) is 7.05 Å². The third-order valence-electron chi connectivity index (χ3n) is 23.6. The number of aryl methyl sites for hydroxylation is 7. The van der Waals surface area contributed by atoms with Gasteiger partial charge in [0.25, 0.3) is 0 Å². The van der Waals surface area contributed by atoms with Gasteiger partial charge >= 0.3 is 0 Å². The van der Waals surface area contributed by atoms with E-state index in [4.69, 9.17) is 0 Å². The first kappa shape index (κ1) is 118. The van der Waals surface area contributed by atoms with E-state index in [1.807, 2.05) is 194 Å². The van der Waals surface area contributed by atoms with Crippen molar-refractivity contribution < 1.29 is 0 Å². The Balaban J connectivity index is 0.000000322. The van der Waals surface area contributed by atoms with Gasteiger partial charge in [0.05, 0.1) is 0 Å². The van der Waals surface area contributed by atoms with E-state index in [-0.39, 0.29) is 0 Å². The summed E-state index contributed by atoms with van der Waals surface area (Å²) in [6, 6.07) is 103. The molecule has 1 aromatic heterocycles. The quantitative estimate of drug-likeness (QED) is 0.133. The number of hydrogen-bond donors (Lipinski definition) is 0. The second-order valence-electron chi connectivity index (χ2n) is 30.7. The zero-order valence-electron chi connectivity index (χ0n) is 92.0. The van der Waals surface area contributed by atoms with Crippen molar-refractivity contribution in [2.45, 2.75) is 274 Å². The molecule has 18 aromatic rings. The van der Waals surface area contributed by atoms with Crippen molar-refractivity contribution in [3.8, 4) is 0 Å². The van der Waals surface area contributed by atoms with Crippen LogP contribution in [0.25, 0.3) is 154 Å². The van der Waals surface area contributed by atoms with Crippen molar-refractivity contribution in [3.63, 3.8) is 0 Å². The lowest BCUT2D eigenvalue weighted by atomic mass is 9.80. The molecule has 6 aliphatic carbocycles. The Morgan fingerprint density at radius 3 is 1.03 bits per heavy atom. The van der Waals surface area contributed by atoms with E-state index in [2.05, 4.69) is 393 Å². The standard InChI is InChI=1S/3C17H14.3C15H12.C13H11N.14C2H6/c1-11-10-14-6-2-4-12-8-9-13-5-3-7-15(11)17(13)16(12)14;1-11-9-14-7-5-12-3-2-4-13-6-8-15(10-11)17(14)16(12)13;1-11-5-6-14-8-7-12-3-2-4-13-9-10-15(11)17(14)16(12)13;1-11-14-8-4-2-6-12(14)10-13-7-3-5-9-15(11)13;1-11-5-4-8-14-9-12-6-2-3-7-13(12)10-15(11)14;1-11-6-7-14-9-12-4-2-3-5-13(12)10-15(14)8-11;1-14-12-8-4-2-6-10(12)11-7-3-5-9-13(11)14;14*1-2/h2-3,5-8,10H,4,9H2,1H3;2-3,5-7,9-10H,4,8H2,1H3;2,4-7,9-10H,3,8H2,1H3;3*2-10H,1H3;2-9H,1H3;14*1-2H3. The summed E-state index contributed by atoms with van der Waals surface area (Å²) in [7, 11) is 2.12. The van der Waals surface area contributed by atoms with Crippen LogP contribution in [0.3, 0.4) is 0 Å². The first-order valence-electron chi connectivity index (χ1n) is 53.2. The maximum absolute atomic E-state index is 2.41. The minimum atomic E-state index is 1.09. The number of aromatic nitrogens is 1. The molecule has 24 rings (SSSR count). The summed E-state index contributed by atoms with van der Waals surface area (Å²) in [5, 5.41) is 27.4. The molecule has 0 aliphatic heterocycles. The van der Waals surface area contributed by atoms with Gasteiger partial charge in [-0.05, 0) is 309 Å². The molecule has 138 heavy (non-hydrogen) atoms. The number of benzene rings is 17. The van der Waals surface area contributed by atoms with Crippen LogP contribution in [-0.4, -0.2) is 4.57 Å². The molecule has 0 atom stereocenters. The fourth-order valence-corrected chi connectivity index (χ4v) is 18.2. The Morgan fingerprint density at radius 1 is 0.196 bits per heavy atom. The van der Waals surface area contributed by atoms with E-state index in [1.54, 1.807) is 0 Å². The molecule has 0 radical (unpaired) electrons. The van der Waals surface area contributed by atoms with Crippen molar-refractivity contribution in [2.75, 3.05) is 0 Å². The minimum Gasteiger partial charge on any atom is -0.344 e. The van der Waals surface area contributed by atoms with Gasteiger partial charge in [-0.15, -0.1) is 0 Å². The van der Waals surface area contributed by atoms with Crippen LogP contribution in [0.15, 0.2) is 322 Å². The Bertz CT molecular complexity index is 6790. The third-order valence-corrected chi connectivity index (χ3v) is 23.6. The summed E-state index contributed by atoms with van der Waals surface area (Å²) >= 11 is 0. The Kier molecular flexibility index (Phi) is 54.3. The highest BCUT2D eigenvalue weighted by Gasteiger charge is 2.23. The van der Waals surface area contributed by atoms with Crippen LogP contribution in [0, 0.1) is 41.5 Å². The van der Waals surface area contributed by atoms with Crippen molar-refractivity contribution in [1.29, 1.82) is 0 Å². The molecule has 0 unspecified atom stereocenters. The third kappa shape index (κ3) is 28.5. The number of fused-ring (bicyclic) bond motifs is 9. The van der Waals surface area contributed by atoms with E-state index in [0.29, 0.717) is 0 Å². The first-order valence-corrected chi connectivity index (χ1v) is 53.2. The zero-order valence-corrected chi connectivity index (χ0v) is 92.0. The van der Waals surface area contributed by atoms with Gasteiger partial charge in [-0.1, -0.05) is 502 Å². The van der Waals surface area contributed by atoms with Crippen LogP contribution < -0.4 is 0 Å². The Hall–Kier alpha value is -12.7. The molecule has 1 heterocycles. The van der Waals surface area contributed by atoms with E-state index < -0.39 is 0 Å². The van der Waals surface area contributed by atoms with Crippen LogP contribution >= 0.6 is 0 Å². The summed E-state index contributed by atoms with van der Waals surface area (Å²) in [5.74, 6) is 0. The van der Waals surface area contributed by atoms with Gasteiger partial charge in [-0.25, -0.2) is 0 Å². The average molecular weight is 1830 g/mol. The molecule has 0 saturated carbocycles. The van der Waals surface area contributed by atoms with Gasteiger partial charge in [0.2, 0.25) is 0 Å². The highest BCUT2D eigenvalue weighted by molar-refractivity contribution is 6.10. The summed E-state index contributed by atoms with van der Waals surface area (Å²) in [6.45, 7) is 69.1. The van der Waals surface area contributed by atoms with E-state index in [0.717, 1.165) is 38.5 Å². The molecule has 726 valence electrons. The molecule has 0 amide bonds. The maximum Gasteiger partial charge on any atom is 0.0488 e. The monoisotopic (exact) mass is 1830 g/mol. The highest BCUT2D eigenvalue weighted by Crippen LogP contribution is 2.45. The molecule has 1 heteroatoms. The zero-order chi connectivity index (χ0) is 103. The summed E-state index contributed by atoms with van der Waals surface area (Å²) < 4.78 is 2.24. The molecule has 1 nitrogen and oxygen atoms in total. The molecule has 17 aromatic carbocycles. The van der Waals surface area contributed by atoms with Crippen molar-refractivity contribution in [3.05, 3.63) is 405 Å². The maximum atomic E-state index is 2.41. The smallest absolute Gasteiger partial charge is 0.0488 e. The molecular formula is C137H173N. The van der Waals surface area contributed by atoms with Crippen molar-refractivity contribution in [1.82, 2.24) is 4.57 Å². The topological polar surface area (TPSA) is 4.93 Å². The SMILES string of the molecule is CC.CC.CC.CC.CC.CC.CC.CC.CC.CC.CC.CC.CC.CC.Cc1c2ccccc2cc2ccccc12.Cc1cc2c3c4c(ccc3c1)C=CCC4=CC2.Cc1cc2c3c4c(cccc14)CC=C3CC=C2.Cc1ccc2c3c4c(ccc13)C=CCC4=CC2.Cc1ccc2cc3ccccc3cc2c1.Cc1cccc2cc3ccccc3cc12.Cn1c2ccccc2c2ccccc21. The molecule has 0 N–H and O–H groups in total. The van der Waals surface area contributed by atoms with Crippen LogP contribution in [0.1, 0.15) is 297 Å². The lowest BCUT2D eigenvalue weighted by molar-refractivity contribution is 1.01. The lowest BCUT2D eigenvalue weighted by Gasteiger charge is -2.24. The molecule has 0 spiro atoms. The van der Waals surface area contributed by atoms with Crippen LogP contribution in [0.4, 0.5) is 0 Å². The first-order chi connectivity index (χ1) is 67.9. The van der Waals surface area contributed by atoms with Gasteiger partial charge in [0, 0.05) is 28.9 Å². The predicted octanol–water partition coefficient (Wildman–Crippen LogP) is 44.1. The van der Waals surface area contributed by atoms with E-state index in [9.17, 15) is 0 Å². The predicted molar refractivity (Wildman–Crippen MR) is 640 cm³/mol. The van der Waals surface area contributed by atoms with Crippen LogP contribution in [0.5, 0.6) is 0 Å². The second kappa shape index (κ2) is 63.7. The minimum absolute atomic E-state index is 1.09. The summed E-state index contributed by atoms with van der Waals surface area (Å²) in [5.41, 5.74) is 28.5. The fourth-order valence-electron chi connectivity index (χ4n) is 18.2. The van der Waals surface area contributed by atoms with E-state index >= 15 is 0 Å². The number of nitrogens with zero attached hydrogens (tertiary/aromatic N) is 1. The number of para-hydroxylation sites is 2. The lowest BCUT2D eigenvalue weighted by Crippen LogP contribution is -2.03. The largest absolute Gasteiger partial charge is 0.344 e. The van der Waals surface area contributed by atoms with Crippen molar-refractivity contribution >= 4 is 154 Å². The number of allylic oxidation sites excluding steroid dienone is 9. The molecule has 0 saturated heterocycles.